The summed E-state index contributed by atoms with van der Waals surface area (Å²) in [7, 11) is 0. The Bertz CT molecular complexity index is 1080. The topological polar surface area (TPSA) is 82.2 Å². The second-order valence-corrected chi connectivity index (χ2v) is 7.55. The second kappa shape index (κ2) is 7.79. The van der Waals surface area contributed by atoms with Gasteiger partial charge in [-0.2, -0.15) is 5.10 Å². The highest BCUT2D eigenvalue weighted by molar-refractivity contribution is 5.77. The van der Waals surface area contributed by atoms with Gasteiger partial charge in [-0.1, -0.05) is 18.2 Å². The lowest BCUT2D eigenvalue weighted by Gasteiger charge is -2.35. The van der Waals surface area contributed by atoms with Crippen molar-refractivity contribution in [1.29, 1.82) is 0 Å². The molecule has 2 atom stereocenters. The van der Waals surface area contributed by atoms with E-state index in [1.165, 1.54) is 0 Å². The van der Waals surface area contributed by atoms with Gasteiger partial charge in [-0.3, -0.25) is 14.2 Å². The molecule has 0 spiro atoms. The Labute approximate surface area is 168 Å². The normalized spacial score (nSPS) is 19.6. The summed E-state index contributed by atoms with van der Waals surface area (Å²) in [5.74, 6) is 0.593. The maximum absolute atomic E-state index is 13.0. The van der Waals surface area contributed by atoms with Gasteiger partial charge in [0.05, 0.1) is 24.1 Å². The monoisotopic (exact) mass is 395 g/mol. The summed E-state index contributed by atoms with van der Waals surface area (Å²) in [5, 5.41) is 4.79. The standard InChI is InChI=1S/C21H25N5O3/c1-14-12-24(13-15(2)29-14)19(27)9-10-25-16(3)23-20-18(21(25)28)11-22-26(20)17-7-5-4-6-8-17/h4-8,11,14-15H,9-10,12-13H2,1-3H3. The fraction of sp³-hybridized carbons (Fsp3) is 0.429. The number of aromatic nitrogens is 4. The molecule has 0 saturated carbocycles. The number of hydrogen-bond donors (Lipinski definition) is 0. The molecular weight excluding hydrogens is 370 g/mol. The molecule has 152 valence electrons. The molecule has 1 aromatic carbocycles. The fourth-order valence-corrected chi connectivity index (χ4v) is 3.87. The molecule has 2 aromatic heterocycles. The number of aryl methyl sites for hydroxylation is 1. The first kappa shape index (κ1) is 19.3. The average molecular weight is 395 g/mol. The van der Waals surface area contributed by atoms with Crippen LogP contribution in [0.4, 0.5) is 0 Å². The molecule has 3 heterocycles. The summed E-state index contributed by atoms with van der Waals surface area (Å²) in [6, 6.07) is 9.58. The molecule has 0 bridgehead atoms. The zero-order valence-electron chi connectivity index (χ0n) is 16.9. The smallest absolute Gasteiger partial charge is 0.264 e. The molecule has 1 aliphatic rings. The summed E-state index contributed by atoms with van der Waals surface area (Å²) >= 11 is 0. The molecule has 4 rings (SSSR count). The number of hydrogen-bond acceptors (Lipinski definition) is 5. The van der Waals surface area contributed by atoms with E-state index in [9.17, 15) is 9.59 Å². The number of morpholine rings is 1. The van der Waals surface area contributed by atoms with Crippen LogP contribution in [0.5, 0.6) is 0 Å². The van der Waals surface area contributed by atoms with E-state index >= 15 is 0 Å². The Kier molecular flexibility index (Phi) is 5.19. The number of carbonyl (C=O) groups excluding carboxylic acids is 1. The lowest BCUT2D eigenvalue weighted by molar-refractivity contribution is -0.143. The van der Waals surface area contributed by atoms with Crippen LogP contribution in [-0.2, 0) is 16.1 Å². The molecular formula is C21H25N5O3. The minimum absolute atomic E-state index is 0.0222. The van der Waals surface area contributed by atoms with Gasteiger partial charge in [-0.25, -0.2) is 9.67 Å². The number of rotatable bonds is 4. The predicted octanol–water partition coefficient (Wildman–Crippen LogP) is 1.92. The largest absolute Gasteiger partial charge is 0.372 e. The van der Waals surface area contributed by atoms with Gasteiger partial charge in [-0.15, -0.1) is 0 Å². The molecule has 8 heteroatoms. The maximum atomic E-state index is 13.0. The highest BCUT2D eigenvalue weighted by Gasteiger charge is 2.26. The zero-order valence-corrected chi connectivity index (χ0v) is 16.9. The van der Waals surface area contributed by atoms with E-state index in [1.54, 1.807) is 22.4 Å². The first-order valence-corrected chi connectivity index (χ1v) is 9.88. The SMILES string of the molecule is Cc1nc2c(cnn2-c2ccccc2)c(=O)n1CCC(=O)N1CC(C)OC(C)C1. The lowest BCUT2D eigenvalue weighted by Crippen LogP contribution is -2.48. The molecule has 8 nitrogen and oxygen atoms in total. The van der Waals surface area contributed by atoms with Crippen LogP contribution in [-0.4, -0.2) is 55.4 Å². The van der Waals surface area contributed by atoms with E-state index in [2.05, 4.69) is 10.1 Å². The van der Waals surface area contributed by atoms with Crippen molar-refractivity contribution in [2.45, 2.75) is 45.9 Å². The van der Waals surface area contributed by atoms with E-state index in [4.69, 9.17) is 4.74 Å². The molecule has 0 N–H and O–H groups in total. The zero-order chi connectivity index (χ0) is 20.5. The molecule has 3 aromatic rings. The Balaban J connectivity index is 1.57. The Morgan fingerprint density at radius 2 is 1.86 bits per heavy atom. The van der Waals surface area contributed by atoms with E-state index in [-0.39, 0.29) is 30.1 Å². The van der Waals surface area contributed by atoms with Gasteiger partial charge in [0.15, 0.2) is 5.65 Å². The summed E-state index contributed by atoms with van der Waals surface area (Å²) in [5.41, 5.74) is 1.19. The van der Waals surface area contributed by atoms with Crippen LogP contribution in [0.25, 0.3) is 16.7 Å². The fourth-order valence-electron chi connectivity index (χ4n) is 3.87. The van der Waals surface area contributed by atoms with Crippen molar-refractivity contribution < 1.29 is 9.53 Å². The van der Waals surface area contributed by atoms with Crippen LogP contribution in [0.1, 0.15) is 26.1 Å². The van der Waals surface area contributed by atoms with Crippen LogP contribution in [0.3, 0.4) is 0 Å². The van der Waals surface area contributed by atoms with Gasteiger partial charge < -0.3 is 9.64 Å². The van der Waals surface area contributed by atoms with Crippen molar-refractivity contribution in [2.75, 3.05) is 13.1 Å². The minimum Gasteiger partial charge on any atom is -0.372 e. The van der Waals surface area contributed by atoms with Gasteiger partial charge in [0.2, 0.25) is 5.91 Å². The van der Waals surface area contributed by atoms with Crippen molar-refractivity contribution in [3.05, 3.63) is 52.7 Å². The first-order valence-electron chi connectivity index (χ1n) is 9.88. The van der Waals surface area contributed by atoms with Crippen molar-refractivity contribution in [2.24, 2.45) is 0 Å². The number of amides is 1. The van der Waals surface area contributed by atoms with Gasteiger partial charge in [0, 0.05) is 26.1 Å². The second-order valence-electron chi connectivity index (χ2n) is 7.55. The van der Waals surface area contributed by atoms with E-state index in [1.807, 2.05) is 49.1 Å². The Morgan fingerprint density at radius 3 is 2.55 bits per heavy atom. The molecule has 1 saturated heterocycles. The molecule has 1 aliphatic heterocycles. The third kappa shape index (κ3) is 3.80. The van der Waals surface area contributed by atoms with Crippen LogP contribution in [0, 0.1) is 6.92 Å². The molecule has 29 heavy (non-hydrogen) atoms. The highest BCUT2D eigenvalue weighted by atomic mass is 16.5. The summed E-state index contributed by atoms with van der Waals surface area (Å²) in [6.45, 7) is 7.17. The van der Waals surface area contributed by atoms with Gasteiger partial charge in [-0.05, 0) is 32.9 Å². The number of nitrogens with zero attached hydrogens (tertiary/aromatic N) is 5. The summed E-state index contributed by atoms with van der Waals surface area (Å²) in [6.07, 6.45) is 1.84. The van der Waals surface area contributed by atoms with Crippen molar-refractivity contribution >= 4 is 16.9 Å². The lowest BCUT2D eigenvalue weighted by atomic mass is 10.2. The van der Waals surface area contributed by atoms with Crippen LogP contribution < -0.4 is 5.56 Å². The first-order chi connectivity index (χ1) is 13.9. The number of para-hydroxylation sites is 1. The Hall–Kier alpha value is -3.00. The maximum Gasteiger partial charge on any atom is 0.264 e. The molecule has 2 unspecified atom stereocenters. The van der Waals surface area contributed by atoms with E-state index < -0.39 is 0 Å². The van der Waals surface area contributed by atoms with Crippen molar-refractivity contribution in [1.82, 2.24) is 24.2 Å². The predicted molar refractivity (Wildman–Crippen MR) is 109 cm³/mol. The number of ether oxygens (including phenoxy) is 1. The summed E-state index contributed by atoms with van der Waals surface area (Å²) in [4.78, 5) is 32.1. The average Bonchev–Trinajstić information content (AvgIpc) is 3.11. The number of fused-ring (bicyclic) bond motifs is 1. The number of benzene rings is 1. The Morgan fingerprint density at radius 1 is 1.17 bits per heavy atom. The molecule has 0 radical (unpaired) electrons. The quantitative estimate of drug-likeness (QED) is 0.674. The van der Waals surface area contributed by atoms with Crippen LogP contribution in [0.2, 0.25) is 0 Å². The van der Waals surface area contributed by atoms with E-state index in [0.717, 1.165) is 5.69 Å². The summed E-state index contributed by atoms with van der Waals surface area (Å²) < 4.78 is 8.91. The minimum atomic E-state index is -0.175. The van der Waals surface area contributed by atoms with Crippen molar-refractivity contribution in [3.8, 4) is 5.69 Å². The number of carbonyl (C=O) groups is 1. The van der Waals surface area contributed by atoms with Gasteiger partial charge >= 0.3 is 0 Å². The third-order valence-corrected chi connectivity index (χ3v) is 5.20. The molecule has 1 fully saturated rings. The van der Waals surface area contributed by atoms with Gasteiger partial charge in [0.1, 0.15) is 11.2 Å². The van der Waals surface area contributed by atoms with E-state index in [0.29, 0.717) is 36.5 Å². The van der Waals surface area contributed by atoms with Crippen LogP contribution in [0.15, 0.2) is 41.3 Å². The third-order valence-electron chi connectivity index (χ3n) is 5.20. The van der Waals surface area contributed by atoms with Crippen LogP contribution >= 0.6 is 0 Å². The van der Waals surface area contributed by atoms with Gasteiger partial charge in [0.25, 0.3) is 5.56 Å². The highest BCUT2D eigenvalue weighted by Crippen LogP contribution is 2.15. The molecule has 1 amide bonds. The molecule has 0 aliphatic carbocycles. The van der Waals surface area contributed by atoms with Crippen molar-refractivity contribution in [3.63, 3.8) is 0 Å².